The van der Waals surface area contributed by atoms with Crippen molar-refractivity contribution < 1.29 is 13.2 Å². The topological polar surface area (TPSA) is 157 Å². The molecule has 0 aliphatic carbocycles. The van der Waals surface area contributed by atoms with Gasteiger partial charge in [-0.15, -0.1) is 0 Å². The number of halogens is 1. The summed E-state index contributed by atoms with van der Waals surface area (Å²) in [5.41, 5.74) is 1.63. The van der Waals surface area contributed by atoms with E-state index in [0.29, 0.717) is 16.1 Å². The van der Waals surface area contributed by atoms with E-state index in [1.165, 1.54) is 41.5 Å². The second kappa shape index (κ2) is 12.5. The van der Waals surface area contributed by atoms with E-state index in [0.717, 1.165) is 31.9 Å². The van der Waals surface area contributed by atoms with Gasteiger partial charge in [0, 0.05) is 61.4 Å². The summed E-state index contributed by atoms with van der Waals surface area (Å²) in [6, 6.07) is 10.00. The highest BCUT2D eigenvalue weighted by Gasteiger charge is 2.24. The maximum absolute atomic E-state index is 13.6. The van der Waals surface area contributed by atoms with E-state index in [9.17, 15) is 13.2 Å². The third-order valence-electron chi connectivity index (χ3n) is 7.11. The smallest absolute Gasteiger partial charge is 0.294 e. The molecule has 4 aromatic heterocycles. The van der Waals surface area contributed by atoms with Crippen LogP contribution in [-0.4, -0.2) is 70.9 Å². The summed E-state index contributed by atoms with van der Waals surface area (Å²) >= 11 is 6.64. The first-order valence-electron chi connectivity index (χ1n) is 13.9. The largest absolute Gasteiger partial charge is 0.488 e. The molecule has 44 heavy (non-hydrogen) atoms. The lowest BCUT2D eigenvalue weighted by Gasteiger charge is -2.30. The van der Waals surface area contributed by atoms with Gasteiger partial charge >= 0.3 is 0 Å². The van der Waals surface area contributed by atoms with E-state index in [4.69, 9.17) is 16.3 Å². The summed E-state index contributed by atoms with van der Waals surface area (Å²) in [4.78, 5) is 28.8. The lowest BCUT2D eigenvalue weighted by Crippen LogP contribution is -2.43. The van der Waals surface area contributed by atoms with Gasteiger partial charge in [0.15, 0.2) is 5.75 Å². The van der Waals surface area contributed by atoms with Gasteiger partial charge in [0.25, 0.3) is 5.56 Å². The normalized spacial score (nSPS) is 13.6. The molecule has 5 aromatic rings. The number of hydrogen-bond acceptors (Lipinski definition) is 12. The lowest BCUT2D eigenvalue weighted by molar-refractivity contribution is 0.333. The van der Waals surface area contributed by atoms with Crippen LogP contribution in [0.2, 0.25) is 5.02 Å². The van der Waals surface area contributed by atoms with Crippen LogP contribution in [0, 0.1) is 0 Å². The van der Waals surface area contributed by atoms with Crippen molar-refractivity contribution in [1.82, 2.24) is 35.0 Å². The number of nitrogens with one attached hydrogen (secondary N) is 2. The van der Waals surface area contributed by atoms with Crippen molar-refractivity contribution in [3.63, 3.8) is 0 Å². The van der Waals surface area contributed by atoms with Crippen molar-refractivity contribution in [2.45, 2.75) is 23.3 Å². The minimum absolute atomic E-state index is 0.0393. The third-order valence-corrected chi connectivity index (χ3v) is 9.25. The van der Waals surface area contributed by atoms with Crippen LogP contribution in [0.3, 0.4) is 0 Å². The van der Waals surface area contributed by atoms with Gasteiger partial charge in [-0.2, -0.15) is 15.2 Å². The molecule has 6 rings (SSSR count). The zero-order chi connectivity index (χ0) is 30.7. The average Bonchev–Trinajstić information content (AvgIpc) is 3.04. The van der Waals surface area contributed by atoms with Crippen LogP contribution in [0.25, 0.3) is 11.0 Å². The van der Waals surface area contributed by atoms with Crippen LogP contribution >= 0.6 is 11.6 Å². The van der Waals surface area contributed by atoms with Gasteiger partial charge in [-0.05, 0) is 43.3 Å². The first-order valence-corrected chi connectivity index (χ1v) is 15.7. The molecule has 1 aliphatic rings. The van der Waals surface area contributed by atoms with Crippen LogP contribution in [0.4, 0.5) is 17.3 Å². The summed E-state index contributed by atoms with van der Waals surface area (Å²) in [5, 5.41) is 15.3. The molecular weight excluding hydrogens is 606 g/mol. The van der Waals surface area contributed by atoms with Crippen LogP contribution in [0.15, 0.2) is 82.0 Å². The summed E-state index contributed by atoms with van der Waals surface area (Å²) in [7, 11) is -3.99. The van der Waals surface area contributed by atoms with Crippen molar-refractivity contribution in [2.24, 2.45) is 0 Å². The summed E-state index contributed by atoms with van der Waals surface area (Å²) < 4.78 is 34.0. The Labute approximate surface area is 257 Å². The van der Waals surface area contributed by atoms with Crippen molar-refractivity contribution in [2.75, 3.05) is 43.0 Å². The molecule has 2 N–H and O–H groups in total. The van der Waals surface area contributed by atoms with Crippen molar-refractivity contribution in [3.05, 3.63) is 88.3 Å². The monoisotopic (exact) mass is 633 g/mol. The molecule has 0 amide bonds. The number of anilines is 3. The standard InChI is InChI=1S/C29H28ClN9O4S/c1-2-43-25-13-19-15-33-29(36-21-3-4-24(23(30)14-21)38-11-9-32-10-12-38)37-27(19)39(28(25)40)18-20-16-34-35-17-26(20)44(41,42)22-5-7-31-8-6-22/h3-8,13-17,32H,2,9-12,18H2,1H3,(H,33,36,37). The summed E-state index contributed by atoms with van der Waals surface area (Å²) in [5.74, 6) is 0.304. The SMILES string of the molecule is CCOc1cc2cnc(Nc3ccc(N4CCNCC4)c(Cl)c3)nc2n(Cc2cnncc2S(=O)(=O)c2ccncc2)c1=O. The Balaban J connectivity index is 1.39. The molecule has 1 aromatic carbocycles. The molecule has 13 nitrogen and oxygen atoms in total. The van der Waals surface area contributed by atoms with Crippen molar-refractivity contribution in [3.8, 4) is 5.75 Å². The van der Waals surface area contributed by atoms with Crippen molar-refractivity contribution >= 4 is 49.8 Å². The van der Waals surface area contributed by atoms with E-state index in [1.54, 1.807) is 25.3 Å². The number of fused-ring (bicyclic) bond motifs is 1. The Morgan fingerprint density at radius 3 is 2.57 bits per heavy atom. The maximum atomic E-state index is 13.6. The fraction of sp³-hybridized carbons (Fsp3) is 0.241. The number of piperazine rings is 1. The highest BCUT2D eigenvalue weighted by molar-refractivity contribution is 7.91. The van der Waals surface area contributed by atoms with Crippen LogP contribution in [-0.2, 0) is 16.4 Å². The molecular formula is C29H28ClN9O4S. The number of rotatable bonds is 9. The minimum Gasteiger partial charge on any atom is -0.488 e. The summed E-state index contributed by atoms with van der Waals surface area (Å²) in [6.45, 7) is 5.35. The highest BCUT2D eigenvalue weighted by atomic mass is 35.5. The van der Waals surface area contributed by atoms with Crippen LogP contribution in [0.5, 0.6) is 5.75 Å². The molecule has 0 atom stereocenters. The highest BCUT2D eigenvalue weighted by Crippen LogP contribution is 2.30. The number of ether oxygens (including phenoxy) is 1. The molecule has 0 saturated carbocycles. The first kappa shape index (κ1) is 29.4. The number of aromatic nitrogens is 6. The minimum atomic E-state index is -3.99. The second-order valence-electron chi connectivity index (χ2n) is 9.90. The van der Waals surface area contributed by atoms with Crippen LogP contribution < -0.4 is 25.8 Å². The molecule has 1 fully saturated rings. The number of hydrogen-bond donors (Lipinski definition) is 2. The second-order valence-corrected chi connectivity index (χ2v) is 12.2. The molecule has 0 bridgehead atoms. The first-order chi connectivity index (χ1) is 21.3. The molecule has 1 saturated heterocycles. The Morgan fingerprint density at radius 1 is 1.05 bits per heavy atom. The fourth-order valence-electron chi connectivity index (χ4n) is 4.98. The van der Waals surface area contributed by atoms with E-state index in [2.05, 4.69) is 40.7 Å². The Kier molecular flexibility index (Phi) is 8.37. The number of pyridine rings is 2. The van der Waals surface area contributed by atoms with Gasteiger partial charge in [0.05, 0.1) is 46.0 Å². The van der Waals surface area contributed by atoms with Gasteiger partial charge in [-0.3, -0.25) is 14.3 Å². The number of nitrogens with zero attached hydrogens (tertiary/aromatic N) is 7. The van der Waals surface area contributed by atoms with E-state index in [1.807, 2.05) is 12.1 Å². The Bertz CT molecular complexity index is 1990. The molecule has 0 spiro atoms. The zero-order valence-electron chi connectivity index (χ0n) is 23.6. The maximum Gasteiger partial charge on any atom is 0.294 e. The number of benzene rings is 1. The van der Waals surface area contributed by atoms with Gasteiger partial charge in [-0.25, -0.2) is 13.4 Å². The van der Waals surface area contributed by atoms with E-state index < -0.39 is 15.4 Å². The zero-order valence-corrected chi connectivity index (χ0v) is 25.2. The number of sulfone groups is 1. The Morgan fingerprint density at radius 2 is 1.82 bits per heavy atom. The molecule has 0 radical (unpaired) electrons. The predicted molar refractivity (Wildman–Crippen MR) is 166 cm³/mol. The van der Waals surface area contributed by atoms with E-state index >= 15 is 0 Å². The lowest BCUT2D eigenvalue weighted by atomic mass is 10.2. The summed E-state index contributed by atoms with van der Waals surface area (Å²) in [6.07, 6.45) is 6.84. The van der Waals surface area contributed by atoms with Gasteiger partial charge in [0.1, 0.15) is 5.65 Å². The molecule has 5 heterocycles. The van der Waals surface area contributed by atoms with Gasteiger partial charge < -0.3 is 20.3 Å². The quantitative estimate of drug-likeness (QED) is 0.245. The fourth-order valence-corrected chi connectivity index (χ4v) is 6.67. The molecule has 0 unspecified atom stereocenters. The van der Waals surface area contributed by atoms with Gasteiger partial charge in [-0.1, -0.05) is 11.6 Å². The molecule has 15 heteroatoms. The van der Waals surface area contributed by atoms with E-state index in [-0.39, 0.29) is 45.9 Å². The predicted octanol–water partition coefficient (Wildman–Crippen LogP) is 3.06. The molecule has 1 aliphatic heterocycles. The van der Waals surface area contributed by atoms with Crippen molar-refractivity contribution in [1.29, 1.82) is 0 Å². The van der Waals surface area contributed by atoms with Crippen LogP contribution in [0.1, 0.15) is 12.5 Å². The van der Waals surface area contributed by atoms with Gasteiger partial charge in [0.2, 0.25) is 15.8 Å². The molecule has 226 valence electrons. The third kappa shape index (κ3) is 5.91. The average molecular weight is 634 g/mol. The Hall–Kier alpha value is -4.66.